The number of benzene rings is 1. The molecule has 0 unspecified atom stereocenters. The van der Waals surface area contributed by atoms with Gasteiger partial charge in [-0.25, -0.2) is 9.97 Å². The summed E-state index contributed by atoms with van der Waals surface area (Å²) in [6, 6.07) is 11.1. The third kappa shape index (κ3) is 4.31. The lowest BCUT2D eigenvalue weighted by atomic mass is 10.2. The second-order valence-electron chi connectivity index (χ2n) is 5.04. The van der Waals surface area contributed by atoms with Gasteiger partial charge in [-0.2, -0.15) is 0 Å². The summed E-state index contributed by atoms with van der Waals surface area (Å²) in [6.07, 6.45) is 1.47. The molecular weight excluding hydrogens is 346 g/mol. The van der Waals surface area contributed by atoms with E-state index in [0.717, 1.165) is 10.8 Å². The molecule has 7 heteroatoms. The molecular formula is C17H14ClN3O2S. The zero-order valence-corrected chi connectivity index (χ0v) is 14.4. The number of aryl methyl sites for hydroxylation is 1. The Bertz CT molecular complexity index is 832. The highest BCUT2D eigenvalue weighted by Gasteiger charge is 2.12. The Kier molecular flexibility index (Phi) is 5.08. The van der Waals surface area contributed by atoms with Crippen molar-refractivity contribution in [2.24, 2.45) is 0 Å². The van der Waals surface area contributed by atoms with Crippen molar-refractivity contribution >= 4 is 34.7 Å². The molecule has 24 heavy (non-hydrogen) atoms. The summed E-state index contributed by atoms with van der Waals surface area (Å²) in [5, 5.41) is 5.60. The molecule has 0 saturated heterocycles. The number of hydrogen-bond acceptors (Lipinski definition) is 5. The van der Waals surface area contributed by atoms with Crippen LogP contribution in [0.4, 0.5) is 5.82 Å². The Morgan fingerprint density at radius 3 is 2.75 bits per heavy atom. The SMILES string of the molecule is Cc1ccc(OCc2nc(C(=O)Nc3ccc(Cl)cn3)cs2)cc1. The third-order valence-corrected chi connectivity index (χ3v) is 4.18. The summed E-state index contributed by atoms with van der Waals surface area (Å²) in [5.74, 6) is 0.879. The summed E-state index contributed by atoms with van der Waals surface area (Å²) < 4.78 is 5.66. The first-order valence-electron chi connectivity index (χ1n) is 7.17. The summed E-state index contributed by atoms with van der Waals surface area (Å²) in [4.78, 5) is 20.4. The van der Waals surface area contributed by atoms with Crippen LogP contribution < -0.4 is 10.1 Å². The summed E-state index contributed by atoms with van der Waals surface area (Å²) in [7, 11) is 0. The van der Waals surface area contributed by atoms with Crippen LogP contribution in [-0.4, -0.2) is 15.9 Å². The zero-order valence-electron chi connectivity index (χ0n) is 12.8. The number of pyridine rings is 1. The number of ether oxygens (including phenoxy) is 1. The first-order valence-corrected chi connectivity index (χ1v) is 8.43. The molecule has 2 aromatic heterocycles. The van der Waals surface area contributed by atoms with Gasteiger partial charge in [-0.1, -0.05) is 29.3 Å². The monoisotopic (exact) mass is 359 g/mol. The molecule has 0 radical (unpaired) electrons. The minimum absolute atomic E-state index is 0.317. The number of amides is 1. The van der Waals surface area contributed by atoms with Gasteiger partial charge in [-0.3, -0.25) is 4.79 Å². The predicted octanol–water partition coefficient (Wildman–Crippen LogP) is 4.33. The van der Waals surface area contributed by atoms with Crippen molar-refractivity contribution in [2.45, 2.75) is 13.5 Å². The van der Waals surface area contributed by atoms with Gasteiger partial charge in [-0.15, -0.1) is 11.3 Å². The molecule has 1 amide bonds. The molecule has 0 fully saturated rings. The molecule has 122 valence electrons. The van der Waals surface area contributed by atoms with Crippen LogP contribution in [0.3, 0.4) is 0 Å². The van der Waals surface area contributed by atoms with Crippen molar-refractivity contribution in [2.75, 3.05) is 5.32 Å². The summed E-state index contributed by atoms with van der Waals surface area (Å²) >= 11 is 7.14. The quantitative estimate of drug-likeness (QED) is 0.736. The van der Waals surface area contributed by atoms with Crippen LogP contribution in [0.1, 0.15) is 21.1 Å². The number of hydrogen-bond donors (Lipinski definition) is 1. The van der Waals surface area contributed by atoms with Gasteiger partial charge >= 0.3 is 0 Å². The number of nitrogens with one attached hydrogen (secondary N) is 1. The van der Waals surface area contributed by atoms with Crippen LogP contribution in [-0.2, 0) is 6.61 Å². The summed E-state index contributed by atoms with van der Waals surface area (Å²) in [6.45, 7) is 2.34. The maximum Gasteiger partial charge on any atom is 0.276 e. The van der Waals surface area contributed by atoms with Crippen molar-refractivity contribution in [3.05, 3.63) is 69.3 Å². The van der Waals surface area contributed by atoms with Gasteiger partial charge in [0.05, 0.1) is 5.02 Å². The molecule has 0 aliphatic rings. The molecule has 0 atom stereocenters. The van der Waals surface area contributed by atoms with Crippen molar-refractivity contribution in [3.8, 4) is 5.75 Å². The van der Waals surface area contributed by atoms with E-state index >= 15 is 0 Å². The maximum atomic E-state index is 12.1. The lowest BCUT2D eigenvalue weighted by Crippen LogP contribution is -2.13. The number of rotatable bonds is 5. The Morgan fingerprint density at radius 1 is 1.25 bits per heavy atom. The Morgan fingerprint density at radius 2 is 2.04 bits per heavy atom. The number of thiazole rings is 1. The number of carbonyl (C=O) groups is 1. The fraction of sp³-hybridized carbons (Fsp3) is 0.118. The van der Waals surface area contributed by atoms with E-state index in [-0.39, 0.29) is 5.91 Å². The molecule has 1 N–H and O–H groups in total. The average Bonchev–Trinajstić information content (AvgIpc) is 3.06. The highest BCUT2D eigenvalue weighted by molar-refractivity contribution is 7.09. The fourth-order valence-corrected chi connectivity index (χ4v) is 2.69. The van der Waals surface area contributed by atoms with Crippen LogP contribution in [0, 0.1) is 6.92 Å². The lowest BCUT2D eigenvalue weighted by molar-refractivity contribution is 0.102. The van der Waals surface area contributed by atoms with E-state index in [1.165, 1.54) is 23.1 Å². The molecule has 5 nitrogen and oxygen atoms in total. The predicted molar refractivity (Wildman–Crippen MR) is 94.8 cm³/mol. The van der Waals surface area contributed by atoms with E-state index in [1.807, 2.05) is 31.2 Å². The minimum atomic E-state index is -0.317. The number of anilines is 1. The molecule has 1 aromatic carbocycles. The molecule has 0 aliphatic carbocycles. The first kappa shape index (κ1) is 16.4. The van der Waals surface area contributed by atoms with Crippen LogP contribution in [0.5, 0.6) is 5.75 Å². The normalized spacial score (nSPS) is 10.4. The van der Waals surface area contributed by atoms with Gasteiger partial charge in [0.2, 0.25) is 0 Å². The van der Waals surface area contributed by atoms with Crippen molar-refractivity contribution in [3.63, 3.8) is 0 Å². The van der Waals surface area contributed by atoms with Gasteiger partial charge in [0.1, 0.15) is 28.9 Å². The van der Waals surface area contributed by atoms with Crippen LogP contribution in [0.2, 0.25) is 5.02 Å². The van der Waals surface area contributed by atoms with Crippen LogP contribution in [0.15, 0.2) is 48.0 Å². The van der Waals surface area contributed by atoms with E-state index in [9.17, 15) is 4.79 Å². The number of halogens is 1. The van der Waals surface area contributed by atoms with Gasteiger partial charge in [0, 0.05) is 11.6 Å². The molecule has 0 aliphatic heterocycles. The van der Waals surface area contributed by atoms with Crippen LogP contribution in [0.25, 0.3) is 0 Å². The molecule has 0 saturated carbocycles. The molecule has 0 spiro atoms. The van der Waals surface area contributed by atoms with Gasteiger partial charge in [0.15, 0.2) is 0 Å². The van der Waals surface area contributed by atoms with Gasteiger partial charge < -0.3 is 10.1 Å². The van der Waals surface area contributed by atoms with Gasteiger partial charge in [0.25, 0.3) is 5.91 Å². The molecule has 3 aromatic rings. The van der Waals surface area contributed by atoms with Crippen LogP contribution >= 0.6 is 22.9 Å². The largest absolute Gasteiger partial charge is 0.486 e. The first-order chi connectivity index (χ1) is 11.6. The topological polar surface area (TPSA) is 64.1 Å². The summed E-state index contributed by atoms with van der Waals surface area (Å²) in [5.41, 5.74) is 1.51. The second kappa shape index (κ2) is 7.42. The Hall–Kier alpha value is -2.44. The molecule has 0 bridgehead atoms. The average molecular weight is 360 g/mol. The van der Waals surface area contributed by atoms with Crippen molar-refractivity contribution < 1.29 is 9.53 Å². The number of carbonyl (C=O) groups excluding carboxylic acids is 1. The second-order valence-corrected chi connectivity index (χ2v) is 6.42. The van der Waals surface area contributed by atoms with Crippen molar-refractivity contribution in [1.29, 1.82) is 0 Å². The van der Waals surface area contributed by atoms with E-state index < -0.39 is 0 Å². The fourth-order valence-electron chi connectivity index (χ4n) is 1.89. The number of nitrogens with zero attached hydrogens (tertiary/aromatic N) is 2. The van der Waals surface area contributed by atoms with Gasteiger partial charge in [-0.05, 0) is 31.2 Å². The third-order valence-electron chi connectivity index (χ3n) is 3.14. The minimum Gasteiger partial charge on any atom is -0.486 e. The van der Waals surface area contributed by atoms with Crippen molar-refractivity contribution in [1.82, 2.24) is 9.97 Å². The highest BCUT2D eigenvalue weighted by atomic mass is 35.5. The lowest BCUT2D eigenvalue weighted by Gasteiger charge is -2.04. The van der Waals surface area contributed by atoms with E-state index in [2.05, 4.69) is 15.3 Å². The smallest absolute Gasteiger partial charge is 0.276 e. The zero-order chi connectivity index (χ0) is 16.9. The highest BCUT2D eigenvalue weighted by Crippen LogP contribution is 2.17. The Balaban J connectivity index is 1.59. The standard InChI is InChI=1S/C17H14ClN3O2S/c1-11-2-5-13(6-3-11)23-9-16-20-14(10-24-16)17(22)21-15-7-4-12(18)8-19-15/h2-8,10H,9H2,1H3,(H,19,21,22). The van der Waals surface area contributed by atoms with E-state index in [4.69, 9.17) is 16.3 Å². The maximum absolute atomic E-state index is 12.1. The van der Waals surface area contributed by atoms with E-state index in [1.54, 1.807) is 17.5 Å². The van der Waals surface area contributed by atoms with E-state index in [0.29, 0.717) is 23.1 Å². The number of aromatic nitrogens is 2. The molecule has 2 heterocycles. The molecule has 3 rings (SSSR count). The Labute approximate surface area is 148 Å².